The number of hydrogen-bond donors (Lipinski definition) is 1. The topological polar surface area (TPSA) is 52.7 Å². The van der Waals surface area contributed by atoms with Crippen LogP contribution in [0.5, 0.6) is 0 Å². The maximum atomic E-state index is 12.7. The fourth-order valence-electron chi connectivity index (χ4n) is 3.51. The third-order valence-corrected chi connectivity index (χ3v) is 5.01. The normalized spacial score (nSPS) is 16.9. The standard InChI is InChI=1S/C21H27N3O2/c1-16(21(26)24-12-6-11-23(2)13-14-24)22-20(25)15-18-9-5-8-17-7-3-4-10-19(17)18/h3-5,7-10,16H,6,11-15H2,1-2H3,(H,22,25). The number of amides is 2. The summed E-state index contributed by atoms with van der Waals surface area (Å²) in [5.41, 5.74) is 0.983. The van der Waals surface area contributed by atoms with Crippen LogP contribution in [0.25, 0.3) is 10.8 Å². The minimum absolute atomic E-state index is 0.00608. The number of hydrogen-bond acceptors (Lipinski definition) is 3. The zero-order chi connectivity index (χ0) is 18.5. The molecule has 0 bridgehead atoms. The Hall–Kier alpha value is -2.40. The van der Waals surface area contributed by atoms with Gasteiger partial charge in [-0.05, 0) is 43.3 Å². The summed E-state index contributed by atoms with van der Waals surface area (Å²) in [6, 6.07) is 13.5. The van der Waals surface area contributed by atoms with Gasteiger partial charge in [0.25, 0.3) is 0 Å². The van der Waals surface area contributed by atoms with E-state index < -0.39 is 6.04 Å². The lowest BCUT2D eigenvalue weighted by Gasteiger charge is -2.24. The highest BCUT2D eigenvalue weighted by atomic mass is 16.2. The molecule has 1 unspecified atom stereocenters. The molecule has 26 heavy (non-hydrogen) atoms. The van der Waals surface area contributed by atoms with E-state index in [1.54, 1.807) is 6.92 Å². The van der Waals surface area contributed by atoms with Crippen LogP contribution in [0.15, 0.2) is 42.5 Å². The molecular weight excluding hydrogens is 326 g/mol. The van der Waals surface area contributed by atoms with Crippen LogP contribution in [-0.2, 0) is 16.0 Å². The van der Waals surface area contributed by atoms with Gasteiger partial charge in [-0.25, -0.2) is 0 Å². The monoisotopic (exact) mass is 353 g/mol. The van der Waals surface area contributed by atoms with Gasteiger partial charge in [0, 0.05) is 19.6 Å². The molecular formula is C21H27N3O2. The maximum absolute atomic E-state index is 12.7. The van der Waals surface area contributed by atoms with Gasteiger partial charge in [-0.1, -0.05) is 42.5 Å². The number of benzene rings is 2. The first-order valence-electron chi connectivity index (χ1n) is 9.28. The quantitative estimate of drug-likeness (QED) is 0.915. The van der Waals surface area contributed by atoms with Crippen LogP contribution >= 0.6 is 0 Å². The molecule has 0 spiro atoms. The molecule has 1 aliphatic heterocycles. The van der Waals surface area contributed by atoms with Crippen LogP contribution in [0.3, 0.4) is 0 Å². The summed E-state index contributed by atoms with van der Waals surface area (Å²) in [4.78, 5) is 29.2. The number of carbonyl (C=O) groups excluding carboxylic acids is 2. The molecule has 0 aromatic heterocycles. The molecule has 0 saturated carbocycles. The van der Waals surface area contributed by atoms with Gasteiger partial charge in [-0.2, -0.15) is 0 Å². The Bertz CT molecular complexity index is 784. The summed E-state index contributed by atoms with van der Waals surface area (Å²) in [6.45, 7) is 5.14. The Labute approximate surface area is 155 Å². The molecule has 0 radical (unpaired) electrons. The van der Waals surface area contributed by atoms with Gasteiger partial charge in [-0.3, -0.25) is 9.59 Å². The molecule has 1 N–H and O–H groups in total. The fourth-order valence-corrected chi connectivity index (χ4v) is 3.51. The van der Waals surface area contributed by atoms with Crippen LogP contribution in [0.2, 0.25) is 0 Å². The molecule has 5 nitrogen and oxygen atoms in total. The molecule has 5 heteroatoms. The SMILES string of the molecule is CC(NC(=O)Cc1cccc2ccccc12)C(=O)N1CCCN(C)CC1. The highest BCUT2D eigenvalue weighted by Gasteiger charge is 2.23. The number of likely N-dealkylation sites (N-methyl/N-ethyl adjacent to an activating group) is 1. The average molecular weight is 353 g/mol. The minimum atomic E-state index is -0.499. The maximum Gasteiger partial charge on any atom is 0.244 e. The molecule has 1 heterocycles. The first-order valence-corrected chi connectivity index (χ1v) is 9.28. The summed E-state index contributed by atoms with van der Waals surface area (Å²) >= 11 is 0. The van der Waals surface area contributed by atoms with Crippen LogP contribution in [0.1, 0.15) is 18.9 Å². The van der Waals surface area contributed by atoms with Gasteiger partial charge < -0.3 is 15.1 Å². The predicted octanol–water partition coefficient (Wildman–Crippen LogP) is 2.05. The fraction of sp³-hybridized carbons (Fsp3) is 0.429. The third-order valence-electron chi connectivity index (χ3n) is 5.01. The van der Waals surface area contributed by atoms with E-state index in [9.17, 15) is 9.59 Å². The number of nitrogens with one attached hydrogen (secondary N) is 1. The van der Waals surface area contributed by atoms with Gasteiger partial charge in [0.2, 0.25) is 11.8 Å². The van der Waals surface area contributed by atoms with Crippen LogP contribution in [0, 0.1) is 0 Å². The summed E-state index contributed by atoms with van der Waals surface area (Å²) in [6.07, 6.45) is 1.25. The zero-order valence-corrected chi connectivity index (χ0v) is 15.6. The van der Waals surface area contributed by atoms with Crippen molar-refractivity contribution < 1.29 is 9.59 Å². The molecule has 1 atom stereocenters. The lowest BCUT2D eigenvalue weighted by molar-refractivity contribution is -0.135. The van der Waals surface area contributed by atoms with Crippen molar-refractivity contribution in [3.8, 4) is 0 Å². The van der Waals surface area contributed by atoms with Crippen LogP contribution in [-0.4, -0.2) is 60.9 Å². The molecule has 1 saturated heterocycles. The second kappa shape index (κ2) is 8.32. The first kappa shape index (κ1) is 18.4. The molecule has 0 aliphatic carbocycles. The van der Waals surface area contributed by atoms with Gasteiger partial charge >= 0.3 is 0 Å². The van der Waals surface area contributed by atoms with Gasteiger partial charge in [0.15, 0.2) is 0 Å². The second-order valence-corrected chi connectivity index (χ2v) is 7.09. The van der Waals surface area contributed by atoms with Crippen molar-refractivity contribution >= 4 is 22.6 Å². The number of nitrogens with zero attached hydrogens (tertiary/aromatic N) is 2. The number of carbonyl (C=O) groups is 2. The number of rotatable bonds is 4. The molecule has 2 amide bonds. The van der Waals surface area contributed by atoms with E-state index in [1.165, 1.54) is 0 Å². The van der Waals surface area contributed by atoms with E-state index in [0.717, 1.165) is 48.9 Å². The largest absolute Gasteiger partial charge is 0.344 e. The molecule has 138 valence electrons. The highest BCUT2D eigenvalue weighted by molar-refractivity contribution is 5.92. The van der Waals surface area contributed by atoms with E-state index in [-0.39, 0.29) is 18.2 Å². The minimum Gasteiger partial charge on any atom is -0.344 e. The Balaban J connectivity index is 1.61. The molecule has 2 aromatic carbocycles. The second-order valence-electron chi connectivity index (χ2n) is 7.09. The Kier molecular flexibility index (Phi) is 5.89. The van der Waals surface area contributed by atoms with E-state index in [0.29, 0.717) is 0 Å². The van der Waals surface area contributed by atoms with Gasteiger partial charge in [0.05, 0.1) is 6.42 Å². The Morgan fingerprint density at radius 1 is 1.04 bits per heavy atom. The van der Waals surface area contributed by atoms with Crippen molar-refractivity contribution in [2.24, 2.45) is 0 Å². The van der Waals surface area contributed by atoms with Crippen molar-refractivity contribution in [1.82, 2.24) is 15.1 Å². The van der Waals surface area contributed by atoms with E-state index in [4.69, 9.17) is 0 Å². The van der Waals surface area contributed by atoms with Crippen molar-refractivity contribution in [2.45, 2.75) is 25.8 Å². The van der Waals surface area contributed by atoms with Crippen molar-refractivity contribution in [3.05, 3.63) is 48.0 Å². The highest BCUT2D eigenvalue weighted by Crippen LogP contribution is 2.18. The molecule has 3 rings (SSSR count). The van der Waals surface area contributed by atoms with Crippen LogP contribution in [0.4, 0.5) is 0 Å². The smallest absolute Gasteiger partial charge is 0.244 e. The predicted molar refractivity (Wildman–Crippen MR) is 104 cm³/mol. The van der Waals surface area contributed by atoms with Crippen molar-refractivity contribution in [1.29, 1.82) is 0 Å². The van der Waals surface area contributed by atoms with E-state index in [1.807, 2.05) is 47.4 Å². The summed E-state index contributed by atoms with van der Waals surface area (Å²) in [7, 11) is 2.07. The molecule has 1 aliphatic rings. The molecule has 1 fully saturated rings. The van der Waals surface area contributed by atoms with Gasteiger partial charge in [0.1, 0.15) is 6.04 Å². The van der Waals surface area contributed by atoms with Crippen molar-refractivity contribution in [2.75, 3.05) is 33.2 Å². The first-order chi connectivity index (χ1) is 12.5. The summed E-state index contributed by atoms with van der Waals surface area (Å²) < 4.78 is 0. The van der Waals surface area contributed by atoms with E-state index >= 15 is 0 Å². The van der Waals surface area contributed by atoms with Crippen LogP contribution < -0.4 is 5.32 Å². The van der Waals surface area contributed by atoms with Crippen molar-refractivity contribution in [3.63, 3.8) is 0 Å². The Morgan fingerprint density at radius 3 is 2.65 bits per heavy atom. The zero-order valence-electron chi connectivity index (χ0n) is 15.6. The lowest BCUT2D eigenvalue weighted by Crippen LogP contribution is -2.48. The summed E-state index contributed by atoms with van der Waals surface area (Å²) in [5, 5.41) is 5.08. The Morgan fingerprint density at radius 2 is 1.81 bits per heavy atom. The third kappa shape index (κ3) is 4.41. The molecule has 2 aromatic rings. The average Bonchev–Trinajstić information content (AvgIpc) is 2.86. The number of fused-ring (bicyclic) bond motifs is 1. The van der Waals surface area contributed by atoms with Gasteiger partial charge in [-0.15, -0.1) is 0 Å². The lowest BCUT2D eigenvalue weighted by atomic mass is 10.0. The van der Waals surface area contributed by atoms with E-state index in [2.05, 4.69) is 17.3 Å². The summed E-state index contributed by atoms with van der Waals surface area (Å²) in [5.74, 6) is -0.110.